The first-order valence-electron chi connectivity index (χ1n) is 7.89. The Kier molecular flexibility index (Phi) is 4.97. The van der Waals surface area contributed by atoms with Gasteiger partial charge in [-0.3, -0.25) is 14.6 Å². The van der Waals surface area contributed by atoms with Crippen LogP contribution in [-0.2, 0) is 19.3 Å². The van der Waals surface area contributed by atoms with Crippen molar-refractivity contribution in [2.75, 3.05) is 6.54 Å². The average Bonchev–Trinajstić information content (AvgIpc) is 3.01. The van der Waals surface area contributed by atoms with E-state index in [2.05, 4.69) is 20.4 Å². The Morgan fingerprint density at radius 3 is 2.46 bits per heavy atom. The van der Waals surface area contributed by atoms with E-state index in [1.165, 1.54) is 12.3 Å². The molecule has 0 saturated carbocycles. The van der Waals surface area contributed by atoms with Crippen LogP contribution in [0.5, 0.6) is 0 Å². The lowest BCUT2D eigenvalue weighted by atomic mass is 10.00. The number of hydrogen-bond acceptors (Lipinski definition) is 3. The van der Waals surface area contributed by atoms with Crippen molar-refractivity contribution in [2.24, 2.45) is 0 Å². The minimum Gasteiger partial charge on any atom is -1.00 e. The predicted octanol–water partition coefficient (Wildman–Crippen LogP) is -0.893. The number of aromatic nitrogens is 4. The fourth-order valence-corrected chi connectivity index (χ4v) is 3.07. The van der Waals surface area contributed by atoms with E-state index in [9.17, 15) is 13.2 Å². The highest BCUT2D eigenvalue weighted by atomic mass is 35.5. The maximum atomic E-state index is 12.8. The molecule has 0 spiro atoms. The van der Waals surface area contributed by atoms with Gasteiger partial charge in [0.15, 0.2) is 0 Å². The van der Waals surface area contributed by atoms with Gasteiger partial charge in [-0.1, -0.05) is 0 Å². The number of rotatable bonds is 2. The molecule has 4 rings (SSSR count). The number of pyridine rings is 2. The molecule has 0 bridgehead atoms. The van der Waals surface area contributed by atoms with E-state index >= 15 is 0 Å². The first-order chi connectivity index (χ1) is 12.0. The van der Waals surface area contributed by atoms with Crippen molar-refractivity contribution in [1.82, 2.24) is 19.7 Å². The molecule has 5 nitrogen and oxygen atoms in total. The Morgan fingerprint density at radius 1 is 1.04 bits per heavy atom. The standard InChI is InChI=1S/C17H14F3N5.ClH/c18-17(19,20)14-2-1-12(9-23-14)16-15(11-3-5-21-6-4-11)13-10-22-7-8-25(13)24-16;/h1-6,9,22H,7-8,10H2;1H. The summed E-state index contributed by atoms with van der Waals surface area (Å²) in [6, 6.07) is 6.19. The zero-order valence-corrected chi connectivity index (χ0v) is 14.3. The van der Waals surface area contributed by atoms with Gasteiger partial charge in [-0.25, -0.2) is 0 Å². The molecule has 26 heavy (non-hydrogen) atoms. The van der Waals surface area contributed by atoms with Crippen molar-refractivity contribution >= 4 is 0 Å². The van der Waals surface area contributed by atoms with Gasteiger partial charge in [-0.2, -0.15) is 18.3 Å². The van der Waals surface area contributed by atoms with Gasteiger partial charge in [0.1, 0.15) is 23.6 Å². The summed E-state index contributed by atoms with van der Waals surface area (Å²) < 4.78 is 40.2. The minimum absolute atomic E-state index is 0. The van der Waals surface area contributed by atoms with Crippen LogP contribution in [0, 0.1) is 0 Å². The van der Waals surface area contributed by atoms with E-state index in [-0.39, 0.29) is 12.4 Å². The number of hydrogen-bond donors (Lipinski definition) is 1. The minimum atomic E-state index is -4.45. The zero-order chi connectivity index (χ0) is 17.4. The topological polar surface area (TPSA) is 60.2 Å². The van der Waals surface area contributed by atoms with Crippen LogP contribution >= 0.6 is 0 Å². The Hall–Kier alpha value is -2.45. The van der Waals surface area contributed by atoms with Crippen molar-refractivity contribution in [3.8, 4) is 22.4 Å². The quantitative estimate of drug-likeness (QED) is 0.626. The molecular formula is C17H15ClF3N5. The highest BCUT2D eigenvalue weighted by Crippen LogP contribution is 2.35. The Balaban J connectivity index is 0.00000196. The first kappa shape index (κ1) is 18.3. The van der Waals surface area contributed by atoms with Gasteiger partial charge in [0.25, 0.3) is 0 Å². The molecule has 1 aliphatic heterocycles. The SMILES string of the molecule is FC(F)(F)c1ccc(-c2nn3c(c2-c2ccncc2)C[NH2+]CC3)cn1.[Cl-]. The second-order valence-electron chi connectivity index (χ2n) is 5.84. The summed E-state index contributed by atoms with van der Waals surface area (Å²) in [5.41, 5.74) is 3.26. The molecule has 3 aromatic heterocycles. The molecule has 0 fully saturated rings. The Morgan fingerprint density at radius 2 is 1.81 bits per heavy atom. The van der Waals surface area contributed by atoms with Crippen molar-refractivity contribution in [3.63, 3.8) is 0 Å². The molecular weight excluding hydrogens is 367 g/mol. The van der Waals surface area contributed by atoms with Crippen LogP contribution in [0.1, 0.15) is 11.4 Å². The fraction of sp³-hybridized carbons (Fsp3) is 0.235. The molecule has 1 aliphatic rings. The number of quaternary nitrogens is 1. The number of nitrogens with zero attached hydrogens (tertiary/aromatic N) is 4. The average molecular weight is 382 g/mol. The highest BCUT2D eigenvalue weighted by molar-refractivity contribution is 5.82. The lowest BCUT2D eigenvalue weighted by Crippen LogP contribution is -3.00. The van der Waals surface area contributed by atoms with Crippen LogP contribution in [0.15, 0.2) is 42.9 Å². The van der Waals surface area contributed by atoms with Gasteiger partial charge in [0.05, 0.1) is 13.1 Å². The third-order valence-electron chi connectivity index (χ3n) is 4.24. The van der Waals surface area contributed by atoms with Crippen LogP contribution in [0.25, 0.3) is 22.4 Å². The number of alkyl halides is 3. The van der Waals surface area contributed by atoms with Gasteiger partial charge in [0.2, 0.25) is 0 Å². The number of nitrogens with two attached hydrogens (primary N) is 1. The van der Waals surface area contributed by atoms with E-state index in [4.69, 9.17) is 0 Å². The van der Waals surface area contributed by atoms with Crippen molar-refractivity contribution in [2.45, 2.75) is 19.3 Å². The van der Waals surface area contributed by atoms with Crippen LogP contribution in [-0.4, -0.2) is 26.3 Å². The summed E-state index contributed by atoms with van der Waals surface area (Å²) in [6.07, 6.45) is 0.182. The molecule has 0 saturated heterocycles. The Bertz CT molecular complexity index is 891. The van der Waals surface area contributed by atoms with E-state index in [1.54, 1.807) is 12.4 Å². The zero-order valence-electron chi connectivity index (χ0n) is 13.5. The third-order valence-corrected chi connectivity index (χ3v) is 4.24. The van der Waals surface area contributed by atoms with Crippen LogP contribution in [0.4, 0.5) is 13.2 Å². The summed E-state index contributed by atoms with van der Waals surface area (Å²) >= 11 is 0. The lowest BCUT2D eigenvalue weighted by molar-refractivity contribution is -0.677. The highest BCUT2D eigenvalue weighted by Gasteiger charge is 2.32. The molecule has 0 radical (unpaired) electrons. The van der Waals surface area contributed by atoms with Crippen LogP contribution in [0.2, 0.25) is 0 Å². The van der Waals surface area contributed by atoms with Gasteiger partial charge >= 0.3 is 6.18 Å². The molecule has 2 N–H and O–H groups in total. The van der Waals surface area contributed by atoms with E-state index in [0.717, 1.165) is 42.5 Å². The number of fused-ring (bicyclic) bond motifs is 1. The molecule has 9 heteroatoms. The summed E-state index contributed by atoms with van der Waals surface area (Å²) in [5, 5.41) is 6.84. The second-order valence-corrected chi connectivity index (χ2v) is 5.84. The molecule has 0 atom stereocenters. The van der Waals surface area contributed by atoms with E-state index < -0.39 is 11.9 Å². The summed E-state index contributed by atoms with van der Waals surface area (Å²) in [4.78, 5) is 7.61. The summed E-state index contributed by atoms with van der Waals surface area (Å²) in [7, 11) is 0. The first-order valence-corrected chi connectivity index (χ1v) is 7.89. The van der Waals surface area contributed by atoms with Crippen molar-refractivity contribution in [1.29, 1.82) is 0 Å². The maximum Gasteiger partial charge on any atom is 0.433 e. The predicted molar refractivity (Wildman–Crippen MR) is 84.2 cm³/mol. The summed E-state index contributed by atoms with van der Waals surface area (Å²) in [5.74, 6) is 0. The molecule has 0 unspecified atom stereocenters. The largest absolute Gasteiger partial charge is 1.00 e. The smallest absolute Gasteiger partial charge is 0.433 e. The number of halogens is 4. The monoisotopic (exact) mass is 381 g/mol. The second kappa shape index (κ2) is 7.05. The fourth-order valence-electron chi connectivity index (χ4n) is 3.07. The molecule has 4 heterocycles. The lowest BCUT2D eigenvalue weighted by Gasteiger charge is -2.13. The third kappa shape index (κ3) is 3.30. The normalized spacial score (nSPS) is 13.8. The van der Waals surface area contributed by atoms with E-state index in [0.29, 0.717) is 11.3 Å². The van der Waals surface area contributed by atoms with E-state index in [1.807, 2.05) is 16.8 Å². The van der Waals surface area contributed by atoms with Crippen LogP contribution in [0.3, 0.4) is 0 Å². The molecule has 0 amide bonds. The molecule has 0 aromatic carbocycles. The molecule has 3 aromatic rings. The van der Waals surface area contributed by atoms with Crippen molar-refractivity contribution < 1.29 is 30.9 Å². The van der Waals surface area contributed by atoms with Crippen LogP contribution < -0.4 is 17.7 Å². The Labute approximate surface area is 153 Å². The van der Waals surface area contributed by atoms with Crippen molar-refractivity contribution in [3.05, 3.63) is 54.2 Å². The van der Waals surface area contributed by atoms with Gasteiger partial charge in [-0.05, 0) is 29.8 Å². The summed E-state index contributed by atoms with van der Waals surface area (Å²) in [6.45, 7) is 2.47. The van der Waals surface area contributed by atoms with Gasteiger partial charge in [-0.15, -0.1) is 0 Å². The van der Waals surface area contributed by atoms with Gasteiger partial charge in [0, 0.05) is 29.7 Å². The molecule has 0 aliphatic carbocycles. The van der Waals surface area contributed by atoms with Gasteiger partial charge < -0.3 is 17.7 Å². The molecule has 136 valence electrons. The maximum absolute atomic E-state index is 12.8.